The zero-order valence-electron chi connectivity index (χ0n) is 38.8. The molecule has 1 unspecified atom stereocenters. The van der Waals surface area contributed by atoms with Crippen molar-refractivity contribution in [1.82, 2.24) is 15.5 Å². The number of anilines is 3. The fraction of sp³-hybridized carbons (Fsp3) is 0.333. The smallest absolute Gasteiger partial charge is 0.411 e. The summed E-state index contributed by atoms with van der Waals surface area (Å²) in [5.41, 5.74) is 9.42. The highest BCUT2D eigenvalue weighted by Crippen LogP contribution is 2.31. The number of amides is 3. The number of phenols is 1. The van der Waals surface area contributed by atoms with Crippen LogP contribution in [0.5, 0.6) is 5.75 Å². The zero-order chi connectivity index (χ0) is 47.1. The van der Waals surface area contributed by atoms with Gasteiger partial charge in [0.2, 0.25) is 12.3 Å². The summed E-state index contributed by atoms with van der Waals surface area (Å²) in [4.78, 5) is 50.3. The number of phenolic OH excluding ortho intramolecular Hbond substituents is 1. The normalized spacial score (nSPS) is 13.2. The van der Waals surface area contributed by atoms with Gasteiger partial charge in [0.25, 0.3) is 0 Å². The molecule has 1 aliphatic rings. The van der Waals surface area contributed by atoms with E-state index >= 15 is 0 Å². The Labute approximate surface area is 390 Å². The third-order valence-corrected chi connectivity index (χ3v) is 11.6. The van der Waals surface area contributed by atoms with Crippen LogP contribution in [-0.4, -0.2) is 93.7 Å². The third-order valence-electron chi connectivity index (χ3n) is 11.6. The van der Waals surface area contributed by atoms with Gasteiger partial charge in [0.05, 0.1) is 17.8 Å². The summed E-state index contributed by atoms with van der Waals surface area (Å²) < 4.78 is 5.64. The number of aldehydes is 1. The number of nitrogens with one attached hydrogen (secondary N) is 4. The maximum absolute atomic E-state index is 12.3. The standard InChI is InChI=1S/C33H40N4O4.C21H26N2O2/c1-24(35-19-17-28-12-15-31(40)33(34-2)30(28)5-4-20-38)21-26-8-6-25(7-9-26)16-18-36-32(41)22-27-10-13-29(14-11-27)37(3)23-39;1-2-14-23-15-12-18(13-16-23)25-21(24)22-20-11-7-6-10-19(20)17-8-4-3-5-9-17/h4-15,20,23-24,34-35,40H,16-19,21-22H2,1-3H3,(H,36,41);3-11,18H,2,12-16H2,1H3,(H,22,24)/b5-4-;. The molecule has 0 aromatic heterocycles. The summed E-state index contributed by atoms with van der Waals surface area (Å²) in [5.74, 6) is 0.125. The van der Waals surface area contributed by atoms with E-state index in [4.69, 9.17) is 4.74 Å². The van der Waals surface area contributed by atoms with E-state index in [9.17, 15) is 24.3 Å². The minimum absolute atomic E-state index is 0.0111. The van der Waals surface area contributed by atoms with Crippen molar-refractivity contribution in [3.05, 3.63) is 149 Å². The van der Waals surface area contributed by atoms with Crippen molar-refractivity contribution in [3.63, 3.8) is 0 Å². The summed E-state index contributed by atoms with van der Waals surface area (Å²) in [6.45, 7) is 8.82. The number of benzene rings is 5. The molecule has 1 fully saturated rings. The Morgan fingerprint density at radius 1 is 0.848 bits per heavy atom. The van der Waals surface area contributed by atoms with Gasteiger partial charge >= 0.3 is 6.09 Å². The minimum atomic E-state index is -0.364. The van der Waals surface area contributed by atoms with Crippen LogP contribution < -0.4 is 26.2 Å². The SMILES string of the molecule is CCCN1CCC(OC(=O)Nc2ccccc2-c2ccccc2)CC1.CNc1c(O)ccc(CCNC(C)Cc2ccc(CCNC(=O)Cc3ccc(N(C)C=O)cc3)cc2)c1/C=C\C=O. The highest BCUT2D eigenvalue weighted by atomic mass is 16.6. The van der Waals surface area contributed by atoms with Crippen molar-refractivity contribution in [2.75, 3.05) is 62.4 Å². The molecule has 348 valence electrons. The molecule has 1 aliphatic heterocycles. The van der Waals surface area contributed by atoms with Gasteiger partial charge in [-0.2, -0.15) is 0 Å². The number of rotatable bonds is 21. The number of allylic oxidation sites excluding steroid dienone is 1. The fourth-order valence-electron chi connectivity index (χ4n) is 8.00. The number of para-hydroxylation sites is 1. The molecule has 3 amide bonds. The van der Waals surface area contributed by atoms with Crippen LogP contribution >= 0.6 is 0 Å². The molecule has 1 heterocycles. The second-order valence-corrected chi connectivity index (χ2v) is 16.5. The summed E-state index contributed by atoms with van der Waals surface area (Å²) in [6, 6.07) is 37.6. The van der Waals surface area contributed by atoms with E-state index < -0.39 is 0 Å². The van der Waals surface area contributed by atoms with Gasteiger partial charge < -0.3 is 35.6 Å². The third kappa shape index (κ3) is 16.0. The molecule has 6 rings (SSSR count). The first-order valence-electron chi connectivity index (χ1n) is 22.9. The predicted molar refractivity (Wildman–Crippen MR) is 267 cm³/mol. The van der Waals surface area contributed by atoms with Gasteiger partial charge in [0.15, 0.2) is 0 Å². The van der Waals surface area contributed by atoms with Gasteiger partial charge in [-0.3, -0.25) is 19.7 Å². The highest BCUT2D eigenvalue weighted by molar-refractivity contribution is 5.91. The molecule has 0 bridgehead atoms. The van der Waals surface area contributed by atoms with Crippen molar-refractivity contribution in [2.45, 2.75) is 70.9 Å². The Balaban J connectivity index is 0.000000277. The number of ether oxygens (including phenoxy) is 1. The summed E-state index contributed by atoms with van der Waals surface area (Å²) >= 11 is 0. The minimum Gasteiger partial charge on any atom is -0.506 e. The van der Waals surface area contributed by atoms with Crippen molar-refractivity contribution < 1.29 is 29.0 Å². The van der Waals surface area contributed by atoms with Gasteiger partial charge in [0.1, 0.15) is 18.1 Å². The lowest BCUT2D eigenvalue weighted by atomic mass is 10.0. The van der Waals surface area contributed by atoms with Gasteiger partial charge in [-0.25, -0.2) is 4.79 Å². The molecule has 0 radical (unpaired) electrons. The van der Waals surface area contributed by atoms with E-state index in [2.05, 4.69) is 64.3 Å². The molecular formula is C54H66N6O6. The lowest BCUT2D eigenvalue weighted by Crippen LogP contribution is -2.38. The van der Waals surface area contributed by atoms with Crippen LogP contribution in [0.4, 0.5) is 21.9 Å². The van der Waals surface area contributed by atoms with Crippen LogP contribution in [0.25, 0.3) is 17.2 Å². The lowest BCUT2D eigenvalue weighted by molar-refractivity contribution is -0.120. The number of carbonyl (C=O) groups excluding carboxylic acids is 4. The van der Waals surface area contributed by atoms with Gasteiger partial charge in [0, 0.05) is 56.6 Å². The molecule has 12 heteroatoms. The first-order chi connectivity index (χ1) is 32.1. The number of hydrogen-bond acceptors (Lipinski definition) is 9. The molecule has 66 heavy (non-hydrogen) atoms. The van der Waals surface area contributed by atoms with E-state index in [0.29, 0.717) is 18.7 Å². The monoisotopic (exact) mass is 895 g/mol. The largest absolute Gasteiger partial charge is 0.506 e. The molecule has 1 saturated heterocycles. The molecule has 5 aromatic rings. The quantitative estimate of drug-likeness (QED) is 0.0277. The van der Waals surface area contributed by atoms with Crippen molar-refractivity contribution in [1.29, 1.82) is 0 Å². The predicted octanol–water partition coefficient (Wildman–Crippen LogP) is 8.68. The van der Waals surface area contributed by atoms with Crippen molar-refractivity contribution in [3.8, 4) is 16.9 Å². The first kappa shape index (κ1) is 50.2. The van der Waals surface area contributed by atoms with Crippen LogP contribution in [0.2, 0.25) is 0 Å². The molecule has 12 nitrogen and oxygen atoms in total. The molecular weight excluding hydrogens is 829 g/mol. The van der Waals surface area contributed by atoms with Crippen LogP contribution in [-0.2, 0) is 44.8 Å². The van der Waals surface area contributed by atoms with Crippen LogP contribution in [0.3, 0.4) is 0 Å². The first-order valence-corrected chi connectivity index (χ1v) is 22.9. The summed E-state index contributed by atoms with van der Waals surface area (Å²) in [5, 5.41) is 22.6. The molecule has 0 saturated carbocycles. The number of hydrogen-bond donors (Lipinski definition) is 5. The van der Waals surface area contributed by atoms with Crippen LogP contribution in [0.15, 0.2) is 121 Å². The maximum atomic E-state index is 12.3. The summed E-state index contributed by atoms with van der Waals surface area (Å²) in [6.07, 6.45) is 9.97. The Bertz CT molecular complexity index is 2310. The average molecular weight is 895 g/mol. The maximum Gasteiger partial charge on any atom is 0.411 e. The topological polar surface area (TPSA) is 152 Å². The Hall–Kier alpha value is -6.76. The molecule has 5 N–H and O–H groups in total. The van der Waals surface area contributed by atoms with E-state index in [1.54, 1.807) is 26.2 Å². The zero-order valence-corrected chi connectivity index (χ0v) is 38.8. The van der Waals surface area contributed by atoms with Gasteiger partial charge in [-0.05, 0) is 123 Å². The average Bonchev–Trinajstić information content (AvgIpc) is 3.33. The Morgan fingerprint density at radius 3 is 2.21 bits per heavy atom. The van der Waals surface area contributed by atoms with Crippen LogP contribution in [0.1, 0.15) is 60.9 Å². The molecule has 5 aromatic carbocycles. The van der Waals surface area contributed by atoms with Crippen LogP contribution in [0, 0.1) is 0 Å². The van der Waals surface area contributed by atoms with Gasteiger partial charge in [-0.1, -0.05) is 97.9 Å². The summed E-state index contributed by atoms with van der Waals surface area (Å²) in [7, 11) is 3.44. The fourth-order valence-corrected chi connectivity index (χ4v) is 8.00. The second-order valence-electron chi connectivity index (χ2n) is 16.5. The number of carbonyl (C=O) groups is 4. The van der Waals surface area contributed by atoms with E-state index in [-0.39, 0.29) is 29.9 Å². The Morgan fingerprint density at radius 2 is 1.53 bits per heavy atom. The highest BCUT2D eigenvalue weighted by Gasteiger charge is 2.22. The second kappa shape index (κ2) is 26.9. The number of aromatic hydroxyl groups is 1. The van der Waals surface area contributed by atoms with E-state index in [1.807, 2.05) is 84.9 Å². The molecule has 0 aliphatic carbocycles. The van der Waals surface area contributed by atoms with Crippen molar-refractivity contribution >= 4 is 47.8 Å². The number of nitrogens with zero attached hydrogens (tertiary/aromatic N) is 2. The molecule has 0 spiro atoms. The van der Waals surface area contributed by atoms with E-state index in [0.717, 1.165) is 110 Å². The number of likely N-dealkylation sites (tertiary alicyclic amines) is 1. The lowest BCUT2D eigenvalue weighted by Gasteiger charge is -2.31. The van der Waals surface area contributed by atoms with E-state index in [1.165, 1.54) is 28.5 Å². The van der Waals surface area contributed by atoms with Crippen molar-refractivity contribution in [2.24, 2.45) is 0 Å². The Kier molecular flexibility index (Phi) is 20.5. The molecule has 1 atom stereocenters. The van der Waals surface area contributed by atoms with Gasteiger partial charge in [-0.15, -0.1) is 0 Å². The number of piperidine rings is 1.